The van der Waals surface area contributed by atoms with Gasteiger partial charge in [0.25, 0.3) is 5.91 Å². The second-order valence-corrected chi connectivity index (χ2v) is 8.78. The molecule has 0 saturated carbocycles. The minimum Gasteiger partial charge on any atom is -0.330 e. The molecule has 1 saturated heterocycles. The first-order valence-electron chi connectivity index (χ1n) is 11.1. The van der Waals surface area contributed by atoms with Gasteiger partial charge in [-0.25, -0.2) is 4.98 Å². The van der Waals surface area contributed by atoms with Crippen LogP contribution in [0.2, 0.25) is 5.02 Å². The lowest BCUT2D eigenvalue weighted by Gasteiger charge is -2.28. The Balaban J connectivity index is 1.35. The quantitative estimate of drug-likeness (QED) is 0.612. The normalized spacial score (nSPS) is 18.9. The molecule has 0 spiro atoms. The van der Waals surface area contributed by atoms with Gasteiger partial charge < -0.3 is 14.8 Å². The molecule has 2 aliphatic rings. The zero-order chi connectivity index (χ0) is 24.3. The topological polar surface area (TPSA) is 70.5 Å². The summed E-state index contributed by atoms with van der Waals surface area (Å²) in [5.41, 5.74) is 0.877. The van der Waals surface area contributed by atoms with Crippen molar-refractivity contribution in [3.63, 3.8) is 0 Å². The highest BCUT2D eigenvalue weighted by molar-refractivity contribution is 6.33. The van der Waals surface area contributed by atoms with Crippen molar-refractivity contribution < 1.29 is 22.8 Å². The van der Waals surface area contributed by atoms with Crippen LogP contribution in [0.1, 0.15) is 35.6 Å². The molecule has 1 aromatic heterocycles. The van der Waals surface area contributed by atoms with E-state index in [4.69, 9.17) is 11.6 Å². The second-order valence-electron chi connectivity index (χ2n) is 8.37. The molecule has 3 heterocycles. The van der Waals surface area contributed by atoms with Crippen LogP contribution in [0, 0.1) is 0 Å². The Morgan fingerprint density at radius 2 is 2.00 bits per heavy atom. The fourth-order valence-corrected chi connectivity index (χ4v) is 4.48. The van der Waals surface area contributed by atoms with Crippen LogP contribution in [0.4, 0.5) is 18.9 Å². The highest BCUT2D eigenvalue weighted by Gasteiger charge is 2.31. The highest BCUT2D eigenvalue weighted by atomic mass is 35.5. The molecule has 2 aromatic rings. The molecular weight excluding hydrogens is 471 g/mol. The molecule has 2 amide bonds. The van der Waals surface area contributed by atoms with Crippen molar-refractivity contribution in [2.75, 3.05) is 25.0 Å². The number of fused-ring (bicyclic) bond motifs is 1. The third-order valence-electron chi connectivity index (χ3n) is 6.09. The fourth-order valence-electron chi connectivity index (χ4n) is 4.30. The van der Waals surface area contributed by atoms with E-state index >= 15 is 0 Å². The van der Waals surface area contributed by atoms with Gasteiger partial charge in [0.1, 0.15) is 11.5 Å². The Labute approximate surface area is 200 Å². The lowest BCUT2D eigenvalue weighted by molar-refractivity contribution is -0.138. The van der Waals surface area contributed by atoms with E-state index in [9.17, 15) is 22.8 Å². The van der Waals surface area contributed by atoms with Crippen molar-refractivity contribution in [1.82, 2.24) is 19.4 Å². The van der Waals surface area contributed by atoms with Crippen LogP contribution < -0.4 is 5.32 Å². The Bertz CT molecular complexity index is 1080. The summed E-state index contributed by atoms with van der Waals surface area (Å²) in [4.78, 5) is 33.1. The maximum absolute atomic E-state index is 12.7. The van der Waals surface area contributed by atoms with E-state index in [1.165, 1.54) is 12.3 Å². The lowest BCUT2D eigenvalue weighted by atomic mass is 10.2. The molecule has 1 aromatic carbocycles. The van der Waals surface area contributed by atoms with Gasteiger partial charge in [-0.3, -0.25) is 14.5 Å². The number of alkyl halides is 3. The van der Waals surface area contributed by atoms with Crippen LogP contribution in [-0.4, -0.2) is 63.0 Å². The largest absolute Gasteiger partial charge is 0.390 e. The standard InChI is InChI=1S/C23H25ClF3N5O2/c24-17-5-1-2-6-18(17)29-22(34)19-14-28-20-15-31(12-13-32(19)20)21(33)8-7-16-4-3-10-30(16)11-9-23(25,26)27/h1-2,5-8,14,16H,3-4,9-13,15H2,(H,29,34)/b8-7+. The van der Waals surface area contributed by atoms with Crippen LogP contribution in [0.3, 0.4) is 0 Å². The van der Waals surface area contributed by atoms with E-state index in [-0.39, 0.29) is 30.9 Å². The summed E-state index contributed by atoms with van der Waals surface area (Å²) in [7, 11) is 0. The van der Waals surface area contributed by atoms with Gasteiger partial charge in [-0.05, 0) is 31.5 Å². The number of para-hydroxylation sites is 1. The van der Waals surface area contributed by atoms with E-state index in [0.29, 0.717) is 41.9 Å². The van der Waals surface area contributed by atoms with E-state index in [2.05, 4.69) is 10.3 Å². The van der Waals surface area contributed by atoms with Crippen LogP contribution in [0.15, 0.2) is 42.6 Å². The van der Waals surface area contributed by atoms with Gasteiger partial charge in [-0.1, -0.05) is 29.8 Å². The van der Waals surface area contributed by atoms with Gasteiger partial charge in [0, 0.05) is 31.8 Å². The number of hydrogen-bond acceptors (Lipinski definition) is 4. The predicted molar refractivity (Wildman–Crippen MR) is 121 cm³/mol. The first-order valence-corrected chi connectivity index (χ1v) is 11.5. The summed E-state index contributed by atoms with van der Waals surface area (Å²) >= 11 is 6.11. The van der Waals surface area contributed by atoms with Gasteiger partial charge >= 0.3 is 6.18 Å². The Morgan fingerprint density at radius 3 is 2.76 bits per heavy atom. The molecule has 1 N–H and O–H groups in total. The number of benzene rings is 1. The molecule has 0 aliphatic carbocycles. The average molecular weight is 496 g/mol. The van der Waals surface area contributed by atoms with Gasteiger partial charge in [0.15, 0.2) is 0 Å². The van der Waals surface area contributed by atoms with Gasteiger partial charge in [-0.15, -0.1) is 0 Å². The first-order chi connectivity index (χ1) is 16.2. The number of aromatic nitrogens is 2. The number of halogens is 4. The zero-order valence-corrected chi connectivity index (χ0v) is 19.1. The molecule has 182 valence electrons. The van der Waals surface area contributed by atoms with Crippen LogP contribution in [0.5, 0.6) is 0 Å². The molecule has 0 bridgehead atoms. The highest BCUT2D eigenvalue weighted by Crippen LogP contribution is 2.25. The molecule has 34 heavy (non-hydrogen) atoms. The predicted octanol–water partition coefficient (Wildman–Crippen LogP) is 4.10. The summed E-state index contributed by atoms with van der Waals surface area (Å²) in [6, 6.07) is 6.76. The Morgan fingerprint density at radius 1 is 1.21 bits per heavy atom. The molecule has 1 atom stereocenters. The summed E-state index contributed by atoms with van der Waals surface area (Å²) < 4.78 is 39.4. The minimum absolute atomic E-state index is 0.0626. The van der Waals surface area contributed by atoms with Crippen LogP contribution in [-0.2, 0) is 17.9 Å². The molecule has 11 heteroatoms. The van der Waals surface area contributed by atoms with E-state index < -0.39 is 12.6 Å². The van der Waals surface area contributed by atoms with E-state index in [0.717, 1.165) is 12.8 Å². The van der Waals surface area contributed by atoms with E-state index in [1.54, 1.807) is 44.7 Å². The average Bonchev–Trinajstić information content (AvgIpc) is 3.43. The number of hydrogen-bond donors (Lipinski definition) is 1. The third-order valence-corrected chi connectivity index (χ3v) is 6.42. The number of nitrogens with zero attached hydrogens (tertiary/aromatic N) is 4. The number of likely N-dealkylation sites (tertiary alicyclic amines) is 1. The van der Waals surface area contributed by atoms with Crippen molar-refractivity contribution >= 4 is 29.1 Å². The maximum Gasteiger partial charge on any atom is 0.390 e. The number of nitrogens with one attached hydrogen (secondary N) is 1. The third kappa shape index (κ3) is 5.79. The number of amides is 2. The fraction of sp³-hybridized carbons (Fsp3) is 0.435. The summed E-state index contributed by atoms with van der Waals surface area (Å²) in [5.74, 6) is 0.0238. The van der Waals surface area contributed by atoms with Crippen LogP contribution in [0.25, 0.3) is 0 Å². The monoisotopic (exact) mass is 495 g/mol. The molecular formula is C23H25ClF3N5O2. The number of carbonyl (C=O) groups excluding carboxylic acids is 2. The number of anilines is 1. The maximum atomic E-state index is 12.7. The molecule has 0 radical (unpaired) electrons. The number of imidazole rings is 1. The minimum atomic E-state index is -4.19. The van der Waals surface area contributed by atoms with Crippen molar-refractivity contribution in [3.8, 4) is 0 Å². The summed E-state index contributed by atoms with van der Waals surface area (Å²) in [6.45, 7) is 1.57. The molecule has 4 rings (SSSR count). The second kappa shape index (κ2) is 10.2. The molecule has 1 fully saturated rings. The van der Waals surface area contributed by atoms with Crippen molar-refractivity contribution in [2.24, 2.45) is 0 Å². The summed E-state index contributed by atoms with van der Waals surface area (Å²) in [6.07, 6.45) is 1.12. The van der Waals surface area contributed by atoms with Gasteiger partial charge in [0.05, 0.1) is 29.9 Å². The SMILES string of the molecule is O=C(Nc1ccccc1Cl)c1cnc2n1CCN(C(=O)/C=C/C1CCCN1CCC(F)(F)F)C2. The zero-order valence-electron chi connectivity index (χ0n) is 18.4. The Kier molecular flexibility index (Phi) is 7.27. The lowest BCUT2D eigenvalue weighted by Crippen LogP contribution is -2.39. The number of rotatable bonds is 6. The Hall–Kier alpha value is -2.85. The van der Waals surface area contributed by atoms with Crippen LogP contribution >= 0.6 is 11.6 Å². The van der Waals surface area contributed by atoms with Crippen molar-refractivity contribution in [1.29, 1.82) is 0 Å². The smallest absolute Gasteiger partial charge is 0.330 e. The van der Waals surface area contributed by atoms with Gasteiger partial charge in [-0.2, -0.15) is 13.2 Å². The first kappa shape index (κ1) is 24.3. The van der Waals surface area contributed by atoms with E-state index in [1.807, 2.05) is 0 Å². The summed E-state index contributed by atoms with van der Waals surface area (Å²) in [5, 5.41) is 3.20. The van der Waals surface area contributed by atoms with Crippen molar-refractivity contribution in [2.45, 2.75) is 44.6 Å². The van der Waals surface area contributed by atoms with Crippen molar-refractivity contribution in [3.05, 3.63) is 59.2 Å². The molecule has 1 unspecified atom stereocenters. The number of carbonyl (C=O) groups is 2. The molecule has 7 nitrogen and oxygen atoms in total. The molecule has 2 aliphatic heterocycles. The van der Waals surface area contributed by atoms with Gasteiger partial charge in [0.2, 0.25) is 5.91 Å².